The van der Waals surface area contributed by atoms with Crippen LogP contribution < -0.4 is 9.80 Å². The molecule has 24 heavy (non-hydrogen) atoms. The van der Waals surface area contributed by atoms with E-state index in [1.807, 2.05) is 43.6 Å². The number of hydrogen-bond donors (Lipinski definition) is 0. The van der Waals surface area contributed by atoms with E-state index >= 15 is 0 Å². The number of carbonyl (C=O) groups excluding carboxylic acids is 1. The number of fused-ring (bicyclic) bond motifs is 1. The van der Waals surface area contributed by atoms with Crippen molar-refractivity contribution >= 4 is 22.9 Å². The average Bonchev–Trinajstić information content (AvgIpc) is 2.88. The molecule has 0 radical (unpaired) electrons. The molecule has 4 rings (SSSR count). The number of hydrogen-bond acceptors (Lipinski definition) is 3. The fraction of sp³-hybridized carbons (Fsp3) is 0.250. The SMILES string of the molecule is CN1C(=O)/C(=C\N2CCN(c3ccccc3)CC2)c2ccccc21. The largest absolute Gasteiger partial charge is 0.373 e. The first kappa shape index (κ1) is 14.8. The maximum absolute atomic E-state index is 12.5. The van der Waals surface area contributed by atoms with Gasteiger partial charge in [-0.15, -0.1) is 0 Å². The molecule has 0 atom stereocenters. The highest BCUT2D eigenvalue weighted by Gasteiger charge is 2.30. The Kier molecular flexibility index (Phi) is 3.73. The van der Waals surface area contributed by atoms with E-state index in [-0.39, 0.29) is 5.91 Å². The second kappa shape index (κ2) is 6.04. The summed E-state index contributed by atoms with van der Waals surface area (Å²) in [5, 5.41) is 0. The van der Waals surface area contributed by atoms with E-state index in [9.17, 15) is 4.79 Å². The van der Waals surface area contributed by atoms with E-state index in [2.05, 4.69) is 34.1 Å². The van der Waals surface area contributed by atoms with E-state index < -0.39 is 0 Å². The number of anilines is 2. The number of benzene rings is 2. The molecule has 0 aromatic heterocycles. The van der Waals surface area contributed by atoms with E-state index in [0.717, 1.165) is 43.0 Å². The van der Waals surface area contributed by atoms with Crippen molar-refractivity contribution in [2.75, 3.05) is 43.0 Å². The van der Waals surface area contributed by atoms with Crippen LogP contribution in [0, 0.1) is 0 Å². The van der Waals surface area contributed by atoms with E-state index in [1.54, 1.807) is 4.90 Å². The van der Waals surface area contributed by atoms with Crippen LogP contribution in [0.15, 0.2) is 60.8 Å². The van der Waals surface area contributed by atoms with Gasteiger partial charge in [0.15, 0.2) is 0 Å². The van der Waals surface area contributed by atoms with E-state index in [4.69, 9.17) is 0 Å². The molecule has 0 unspecified atom stereocenters. The fourth-order valence-corrected chi connectivity index (χ4v) is 3.45. The number of nitrogens with zero attached hydrogens (tertiary/aromatic N) is 3. The Bertz CT molecular complexity index is 776. The Hall–Kier alpha value is -2.75. The molecule has 0 aliphatic carbocycles. The summed E-state index contributed by atoms with van der Waals surface area (Å²) in [6.45, 7) is 3.80. The monoisotopic (exact) mass is 319 g/mol. The Balaban J connectivity index is 1.51. The lowest BCUT2D eigenvalue weighted by Crippen LogP contribution is -2.44. The Morgan fingerprint density at radius 3 is 2.29 bits per heavy atom. The number of likely N-dealkylation sites (N-methyl/N-ethyl adjacent to an activating group) is 1. The van der Waals surface area contributed by atoms with Gasteiger partial charge in [-0.05, 0) is 18.2 Å². The molecule has 0 spiro atoms. The van der Waals surface area contributed by atoms with E-state index in [0.29, 0.717) is 0 Å². The standard InChI is InChI=1S/C20H21N3O/c1-21-19-10-6-5-9-17(19)18(20(21)24)15-22-11-13-23(14-12-22)16-7-3-2-4-8-16/h2-10,15H,11-14H2,1H3/b18-15-. The van der Waals surface area contributed by atoms with Gasteiger partial charge in [-0.3, -0.25) is 4.79 Å². The van der Waals surface area contributed by atoms with Gasteiger partial charge in [-0.25, -0.2) is 0 Å². The van der Waals surface area contributed by atoms with Gasteiger partial charge >= 0.3 is 0 Å². The zero-order valence-corrected chi connectivity index (χ0v) is 13.9. The van der Waals surface area contributed by atoms with Crippen LogP contribution in [0.25, 0.3) is 5.57 Å². The molecule has 4 nitrogen and oxygen atoms in total. The lowest BCUT2D eigenvalue weighted by atomic mass is 10.1. The maximum Gasteiger partial charge on any atom is 0.260 e. The van der Waals surface area contributed by atoms with Gasteiger partial charge in [0.25, 0.3) is 5.91 Å². The van der Waals surface area contributed by atoms with Crippen LogP contribution in [0.1, 0.15) is 5.56 Å². The van der Waals surface area contributed by atoms with Crippen LogP contribution >= 0.6 is 0 Å². The minimum Gasteiger partial charge on any atom is -0.373 e. The van der Waals surface area contributed by atoms with Crippen molar-refractivity contribution in [2.24, 2.45) is 0 Å². The Labute approximate surface area is 142 Å². The van der Waals surface area contributed by atoms with Gasteiger partial charge in [-0.2, -0.15) is 0 Å². The highest BCUT2D eigenvalue weighted by Crippen LogP contribution is 2.35. The summed E-state index contributed by atoms with van der Waals surface area (Å²) < 4.78 is 0. The first-order valence-electron chi connectivity index (χ1n) is 8.37. The molecule has 1 saturated heterocycles. The lowest BCUT2D eigenvalue weighted by Gasteiger charge is -2.35. The van der Waals surface area contributed by atoms with Gasteiger partial charge in [0.2, 0.25) is 0 Å². The van der Waals surface area contributed by atoms with Crippen molar-refractivity contribution in [3.63, 3.8) is 0 Å². The fourth-order valence-electron chi connectivity index (χ4n) is 3.45. The molecule has 0 N–H and O–H groups in total. The molecule has 1 fully saturated rings. The molecule has 0 bridgehead atoms. The summed E-state index contributed by atoms with van der Waals surface area (Å²) in [5.41, 5.74) is 4.11. The third-order valence-electron chi connectivity index (χ3n) is 4.84. The number of para-hydroxylation sites is 2. The summed E-state index contributed by atoms with van der Waals surface area (Å²) in [6.07, 6.45) is 2.05. The smallest absolute Gasteiger partial charge is 0.260 e. The third kappa shape index (κ3) is 2.54. The Morgan fingerprint density at radius 2 is 1.54 bits per heavy atom. The lowest BCUT2D eigenvalue weighted by molar-refractivity contribution is -0.112. The molecule has 2 aromatic rings. The van der Waals surface area contributed by atoms with Crippen molar-refractivity contribution in [1.82, 2.24) is 4.90 Å². The van der Waals surface area contributed by atoms with Crippen molar-refractivity contribution < 1.29 is 4.79 Å². The average molecular weight is 319 g/mol. The number of carbonyl (C=O) groups is 1. The molecule has 2 aliphatic rings. The predicted octanol–water partition coefficient (Wildman–Crippen LogP) is 2.83. The van der Waals surface area contributed by atoms with Crippen molar-refractivity contribution in [3.8, 4) is 0 Å². The Morgan fingerprint density at radius 1 is 0.875 bits per heavy atom. The number of amides is 1. The van der Waals surface area contributed by atoms with Crippen LogP contribution in [0.3, 0.4) is 0 Å². The van der Waals surface area contributed by atoms with Crippen LogP contribution in [0.5, 0.6) is 0 Å². The molecule has 0 saturated carbocycles. The van der Waals surface area contributed by atoms with Crippen molar-refractivity contribution in [3.05, 3.63) is 66.4 Å². The highest BCUT2D eigenvalue weighted by molar-refractivity contribution is 6.32. The molecule has 2 aliphatic heterocycles. The first-order valence-corrected chi connectivity index (χ1v) is 8.37. The topological polar surface area (TPSA) is 26.8 Å². The van der Waals surface area contributed by atoms with Gasteiger partial charge in [-0.1, -0.05) is 36.4 Å². The second-order valence-electron chi connectivity index (χ2n) is 6.28. The molecular weight excluding hydrogens is 298 g/mol. The summed E-state index contributed by atoms with van der Waals surface area (Å²) in [6, 6.07) is 18.5. The molecule has 2 heterocycles. The summed E-state index contributed by atoms with van der Waals surface area (Å²) in [7, 11) is 1.84. The van der Waals surface area contributed by atoms with Crippen molar-refractivity contribution in [1.29, 1.82) is 0 Å². The molecule has 1 amide bonds. The summed E-state index contributed by atoms with van der Waals surface area (Å²) >= 11 is 0. The molecule has 122 valence electrons. The zero-order valence-electron chi connectivity index (χ0n) is 13.9. The first-order chi connectivity index (χ1) is 11.7. The molecule has 4 heteroatoms. The second-order valence-corrected chi connectivity index (χ2v) is 6.28. The van der Waals surface area contributed by atoms with Gasteiger partial charge in [0, 0.05) is 50.7 Å². The van der Waals surface area contributed by atoms with Gasteiger partial charge in [0.1, 0.15) is 0 Å². The number of piperazine rings is 1. The van der Waals surface area contributed by atoms with Gasteiger partial charge in [0.05, 0.1) is 11.3 Å². The third-order valence-corrected chi connectivity index (χ3v) is 4.84. The van der Waals surface area contributed by atoms with Crippen LogP contribution in [-0.4, -0.2) is 44.0 Å². The summed E-state index contributed by atoms with van der Waals surface area (Å²) in [5.74, 6) is 0.0849. The quantitative estimate of drug-likeness (QED) is 0.797. The van der Waals surface area contributed by atoms with Crippen LogP contribution in [-0.2, 0) is 4.79 Å². The van der Waals surface area contributed by atoms with Crippen molar-refractivity contribution in [2.45, 2.75) is 0 Å². The van der Waals surface area contributed by atoms with Gasteiger partial charge < -0.3 is 14.7 Å². The maximum atomic E-state index is 12.5. The summed E-state index contributed by atoms with van der Waals surface area (Å²) in [4.78, 5) is 18.9. The normalized spacial score (nSPS) is 19.1. The highest BCUT2D eigenvalue weighted by atomic mass is 16.2. The predicted molar refractivity (Wildman–Crippen MR) is 98.1 cm³/mol. The van der Waals surface area contributed by atoms with Crippen LogP contribution in [0.2, 0.25) is 0 Å². The molecular formula is C20H21N3O. The van der Waals surface area contributed by atoms with Crippen LogP contribution in [0.4, 0.5) is 11.4 Å². The zero-order chi connectivity index (χ0) is 16.5. The minimum absolute atomic E-state index is 0.0849. The minimum atomic E-state index is 0.0849. The van der Waals surface area contributed by atoms with E-state index in [1.165, 1.54) is 5.69 Å². The molecule has 2 aromatic carbocycles. The number of rotatable bonds is 2.